The molecule has 0 saturated carbocycles. The summed E-state index contributed by atoms with van der Waals surface area (Å²) in [6.45, 7) is 0.572. The van der Waals surface area contributed by atoms with Crippen LogP contribution in [0, 0.1) is 0 Å². The minimum absolute atomic E-state index is 0.572. The fourth-order valence-corrected chi connectivity index (χ4v) is 2.36. The molecule has 0 fully saturated rings. The number of aromatic nitrogens is 7. The van der Waals surface area contributed by atoms with Crippen molar-refractivity contribution in [1.29, 1.82) is 0 Å². The molecule has 0 aliphatic carbocycles. The predicted molar refractivity (Wildman–Crippen MR) is 80.0 cm³/mol. The second-order valence-electron chi connectivity index (χ2n) is 4.59. The maximum Gasteiger partial charge on any atom is 0.245 e. The highest BCUT2D eigenvalue weighted by atomic mass is 79.9. The van der Waals surface area contributed by atoms with E-state index >= 15 is 0 Å². The van der Waals surface area contributed by atoms with Crippen LogP contribution in [0.2, 0.25) is 0 Å². The number of hydrogen-bond donors (Lipinski definition) is 0. The Balaban J connectivity index is 1.78. The van der Waals surface area contributed by atoms with Crippen LogP contribution in [0.25, 0.3) is 5.69 Å². The van der Waals surface area contributed by atoms with E-state index in [1.54, 1.807) is 16.4 Å². The van der Waals surface area contributed by atoms with Crippen LogP contribution in [0.1, 0.15) is 5.69 Å². The Labute approximate surface area is 129 Å². The van der Waals surface area contributed by atoms with Gasteiger partial charge in [-0.05, 0) is 28.6 Å². The molecule has 0 aliphatic rings. The van der Waals surface area contributed by atoms with E-state index in [9.17, 15) is 0 Å². The van der Waals surface area contributed by atoms with E-state index in [4.69, 9.17) is 0 Å². The fraction of sp³-hybridized carbons (Fsp3) is 0.250. The van der Waals surface area contributed by atoms with E-state index in [-0.39, 0.29) is 0 Å². The van der Waals surface area contributed by atoms with Crippen molar-refractivity contribution in [2.75, 3.05) is 11.9 Å². The van der Waals surface area contributed by atoms with Gasteiger partial charge in [0, 0.05) is 18.6 Å². The summed E-state index contributed by atoms with van der Waals surface area (Å²) in [4.78, 5) is 1.91. The highest BCUT2D eigenvalue weighted by Gasteiger charge is 2.11. The first-order chi connectivity index (χ1) is 10.1. The topological polar surface area (TPSA) is 77.6 Å². The van der Waals surface area contributed by atoms with Crippen molar-refractivity contribution < 1.29 is 0 Å². The van der Waals surface area contributed by atoms with E-state index < -0.39 is 0 Å². The molecule has 0 bridgehead atoms. The van der Waals surface area contributed by atoms with Crippen molar-refractivity contribution >= 4 is 21.9 Å². The van der Waals surface area contributed by atoms with Crippen LogP contribution >= 0.6 is 15.9 Å². The SMILES string of the molecule is CN(Cc1cn(-c2cccc(Br)c2)nn1)c1nnnn1C. The lowest BCUT2D eigenvalue weighted by atomic mass is 10.3. The van der Waals surface area contributed by atoms with Gasteiger partial charge in [-0.15, -0.1) is 5.10 Å². The minimum Gasteiger partial charge on any atom is -0.337 e. The molecule has 3 rings (SSSR count). The third-order valence-electron chi connectivity index (χ3n) is 2.95. The van der Waals surface area contributed by atoms with Gasteiger partial charge in [0.1, 0.15) is 5.69 Å². The van der Waals surface area contributed by atoms with Gasteiger partial charge in [-0.3, -0.25) is 0 Å². The summed E-state index contributed by atoms with van der Waals surface area (Å²) in [6, 6.07) is 7.88. The lowest BCUT2D eigenvalue weighted by Gasteiger charge is -2.14. The van der Waals surface area contributed by atoms with Gasteiger partial charge in [-0.1, -0.05) is 32.3 Å². The number of halogens is 1. The minimum atomic E-state index is 0.572. The average molecular weight is 349 g/mol. The number of anilines is 1. The number of rotatable bonds is 4. The van der Waals surface area contributed by atoms with Crippen LogP contribution in [-0.4, -0.2) is 42.2 Å². The molecule has 0 N–H and O–H groups in total. The normalized spacial score (nSPS) is 10.8. The number of tetrazole rings is 1. The Kier molecular flexibility index (Phi) is 3.65. The van der Waals surface area contributed by atoms with Crippen molar-refractivity contribution in [3.63, 3.8) is 0 Å². The molecule has 21 heavy (non-hydrogen) atoms. The lowest BCUT2D eigenvalue weighted by Crippen LogP contribution is -2.20. The zero-order chi connectivity index (χ0) is 14.8. The highest BCUT2D eigenvalue weighted by Crippen LogP contribution is 2.15. The molecule has 0 radical (unpaired) electrons. The molecule has 1 aromatic carbocycles. The summed E-state index contributed by atoms with van der Waals surface area (Å²) >= 11 is 3.45. The zero-order valence-corrected chi connectivity index (χ0v) is 13.1. The summed E-state index contributed by atoms with van der Waals surface area (Å²) in [5.41, 5.74) is 1.78. The first kappa shape index (κ1) is 13.7. The molecule has 108 valence electrons. The van der Waals surface area contributed by atoms with Crippen molar-refractivity contribution in [1.82, 2.24) is 35.2 Å². The Morgan fingerprint density at radius 1 is 1.24 bits per heavy atom. The summed E-state index contributed by atoms with van der Waals surface area (Å²) < 4.78 is 4.35. The molecule has 8 nitrogen and oxygen atoms in total. The Morgan fingerprint density at radius 2 is 2.10 bits per heavy atom. The van der Waals surface area contributed by atoms with Crippen molar-refractivity contribution in [2.24, 2.45) is 7.05 Å². The molecule has 2 heterocycles. The van der Waals surface area contributed by atoms with Crippen molar-refractivity contribution in [3.8, 4) is 5.69 Å². The summed E-state index contributed by atoms with van der Waals surface area (Å²) in [7, 11) is 3.70. The van der Waals surface area contributed by atoms with Crippen LogP contribution in [0.3, 0.4) is 0 Å². The smallest absolute Gasteiger partial charge is 0.245 e. The van der Waals surface area contributed by atoms with Crippen LogP contribution in [0.4, 0.5) is 5.95 Å². The van der Waals surface area contributed by atoms with Crippen molar-refractivity contribution in [2.45, 2.75) is 6.54 Å². The molecule has 0 unspecified atom stereocenters. The second kappa shape index (κ2) is 5.60. The second-order valence-corrected chi connectivity index (χ2v) is 5.51. The first-order valence-corrected chi connectivity index (χ1v) is 7.03. The molecule has 0 saturated heterocycles. The van der Waals surface area contributed by atoms with Gasteiger partial charge < -0.3 is 4.90 Å². The van der Waals surface area contributed by atoms with Crippen LogP contribution in [0.5, 0.6) is 0 Å². The van der Waals surface area contributed by atoms with Gasteiger partial charge in [-0.2, -0.15) is 0 Å². The third kappa shape index (κ3) is 2.92. The zero-order valence-electron chi connectivity index (χ0n) is 11.5. The fourth-order valence-electron chi connectivity index (χ4n) is 1.98. The largest absolute Gasteiger partial charge is 0.337 e. The van der Waals surface area contributed by atoms with Gasteiger partial charge >= 0.3 is 0 Å². The summed E-state index contributed by atoms with van der Waals surface area (Å²) in [5, 5.41) is 19.7. The monoisotopic (exact) mass is 348 g/mol. The van der Waals surface area contributed by atoms with E-state index in [0.717, 1.165) is 15.9 Å². The molecular formula is C12H13BrN8. The average Bonchev–Trinajstić information content (AvgIpc) is 3.08. The Morgan fingerprint density at radius 3 is 2.81 bits per heavy atom. The van der Waals surface area contributed by atoms with Gasteiger partial charge in [-0.25, -0.2) is 9.36 Å². The number of aryl methyl sites for hydroxylation is 1. The highest BCUT2D eigenvalue weighted by molar-refractivity contribution is 9.10. The predicted octanol–water partition coefficient (Wildman–Crippen LogP) is 1.19. The maximum atomic E-state index is 4.18. The van der Waals surface area contributed by atoms with E-state index in [2.05, 4.69) is 41.8 Å². The third-order valence-corrected chi connectivity index (χ3v) is 3.45. The van der Waals surface area contributed by atoms with E-state index in [1.807, 2.05) is 42.4 Å². The summed E-state index contributed by atoms with van der Waals surface area (Å²) in [6.07, 6.45) is 1.89. The van der Waals surface area contributed by atoms with Gasteiger partial charge in [0.2, 0.25) is 5.95 Å². The number of benzene rings is 1. The molecule has 0 atom stereocenters. The van der Waals surface area contributed by atoms with E-state index in [0.29, 0.717) is 12.5 Å². The van der Waals surface area contributed by atoms with Gasteiger partial charge in [0.25, 0.3) is 0 Å². The van der Waals surface area contributed by atoms with Gasteiger partial charge in [0.05, 0.1) is 18.4 Å². The molecule has 3 aromatic rings. The summed E-state index contributed by atoms with van der Waals surface area (Å²) in [5.74, 6) is 0.673. The molecule has 9 heteroatoms. The van der Waals surface area contributed by atoms with E-state index in [1.165, 1.54) is 0 Å². The van der Waals surface area contributed by atoms with Crippen LogP contribution in [0.15, 0.2) is 34.9 Å². The standard InChI is InChI=1S/C12H13BrN8/c1-19(12-15-16-18-20(12)2)7-10-8-21(17-14-10)11-5-3-4-9(13)6-11/h3-6,8H,7H2,1-2H3. The molecule has 0 spiro atoms. The lowest BCUT2D eigenvalue weighted by molar-refractivity contribution is 0.693. The van der Waals surface area contributed by atoms with Crippen LogP contribution < -0.4 is 4.90 Å². The van der Waals surface area contributed by atoms with Crippen molar-refractivity contribution in [3.05, 3.63) is 40.6 Å². The molecule has 0 aliphatic heterocycles. The molecule has 0 amide bonds. The Bertz CT molecular complexity index is 749. The van der Waals surface area contributed by atoms with Gasteiger partial charge in [0.15, 0.2) is 0 Å². The number of hydrogen-bond acceptors (Lipinski definition) is 6. The molecular weight excluding hydrogens is 336 g/mol. The number of nitrogens with zero attached hydrogens (tertiary/aromatic N) is 8. The maximum absolute atomic E-state index is 4.18. The Hall–Kier alpha value is -2.29. The molecule has 2 aromatic heterocycles. The van der Waals surface area contributed by atoms with Crippen LogP contribution in [-0.2, 0) is 13.6 Å². The first-order valence-electron chi connectivity index (χ1n) is 6.24. The quantitative estimate of drug-likeness (QED) is 0.704.